The first kappa shape index (κ1) is 13.5. The van der Waals surface area contributed by atoms with Gasteiger partial charge in [-0.05, 0) is 33.1 Å². The second-order valence-corrected chi connectivity index (χ2v) is 5.23. The van der Waals surface area contributed by atoms with Crippen LogP contribution in [-0.2, 0) is 11.3 Å². The quantitative estimate of drug-likeness (QED) is 0.840. The molecule has 5 nitrogen and oxygen atoms in total. The number of rotatable bonds is 6. The van der Waals surface area contributed by atoms with E-state index >= 15 is 0 Å². The molecule has 0 amide bonds. The third kappa shape index (κ3) is 3.29. The largest absolute Gasteiger partial charge is 0.377 e. The lowest BCUT2D eigenvalue weighted by Gasteiger charge is -2.22. The Hall–Kier alpha value is -0.940. The van der Waals surface area contributed by atoms with Crippen molar-refractivity contribution in [1.82, 2.24) is 20.3 Å². The van der Waals surface area contributed by atoms with Crippen molar-refractivity contribution in [3.05, 3.63) is 11.9 Å². The zero-order valence-corrected chi connectivity index (χ0v) is 11.6. The summed E-state index contributed by atoms with van der Waals surface area (Å²) in [5.74, 6) is 0. The van der Waals surface area contributed by atoms with Crippen molar-refractivity contribution in [1.29, 1.82) is 0 Å². The highest BCUT2D eigenvalue weighted by Crippen LogP contribution is 2.17. The van der Waals surface area contributed by atoms with Gasteiger partial charge in [-0.3, -0.25) is 0 Å². The van der Waals surface area contributed by atoms with Crippen molar-refractivity contribution < 1.29 is 4.74 Å². The summed E-state index contributed by atoms with van der Waals surface area (Å²) in [7, 11) is 0. The molecule has 0 aromatic carbocycles. The zero-order chi connectivity index (χ0) is 13.0. The van der Waals surface area contributed by atoms with Crippen LogP contribution in [0.15, 0.2) is 6.20 Å². The van der Waals surface area contributed by atoms with Gasteiger partial charge in [0.05, 0.1) is 18.0 Å². The Morgan fingerprint density at radius 2 is 2.39 bits per heavy atom. The molecule has 2 rings (SSSR count). The van der Waals surface area contributed by atoms with Crippen molar-refractivity contribution >= 4 is 0 Å². The van der Waals surface area contributed by atoms with Crippen LogP contribution in [0.3, 0.4) is 0 Å². The maximum atomic E-state index is 5.73. The second-order valence-electron chi connectivity index (χ2n) is 5.23. The first-order valence-corrected chi connectivity index (χ1v) is 6.96. The summed E-state index contributed by atoms with van der Waals surface area (Å²) in [5, 5.41) is 11.8. The molecule has 0 bridgehead atoms. The number of hydrogen-bond donors (Lipinski definition) is 1. The topological polar surface area (TPSA) is 52.0 Å². The molecule has 0 aliphatic carbocycles. The van der Waals surface area contributed by atoms with Crippen LogP contribution < -0.4 is 5.32 Å². The molecule has 1 saturated heterocycles. The van der Waals surface area contributed by atoms with Gasteiger partial charge in [0.2, 0.25) is 0 Å². The van der Waals surface area contributed by atoms with E-state index in [9.17, 15) is 0 Å². The summed E-state index contributed by atoms with van der Waals surface area (Å²) >= 11 is 0. The van der Waals surface area contributed by atoms with Gasteiger partial charge in [0.1, 0.15) is 0 Å². The van der Waals surface area contributed by atoms with Crippen molar-refractivity contribution in [3.8, 4) is 0 Å². The molecule has 0 spiro atoms. The van der Waals surface area contributed by atoms with Crippen LogP contribution in [0.5, 0.6) is 0 Å². The molecule has 5 heteroatoms. The fourth-order valence-corrected chi connectivity index (χ4v) is 2.34. The summed E-state index contributed by atoms with van der Waals surface area (Å²) in [6.45, 7) is 8.09. The molecular formula is C13H24N4O. The van der Waals surface area contributed by atoms with Crippen LogP contribution in [0.1, 0.15) is 51.8 Å². The highest BCUT2D eigenvalue weighted by Gasteiger charge is 2.24. The number of nitrogens with zero attached hydrogens (tertiary/aromatic N) is 3. The molecule has 0 radical (unpaired) electrons. The van der Waals surface area contributed by atoms with E-state index in [4.69, 9.17) is 4.74 Å². The lowest BCUT2D eigenvalue weighted by atomic mass is 10.1. The normalized spacial score (nSPS) is 21.7. The molecule has 1 aliphatic heterocycles. The standard InChI is InChI=1S/C13H24N4O/c1-4-12(13-6-5-7-18-13)14-8-11-9-17(10(2)3)16-15-11/h9-10,12-14H,4-8H2,1-3H3. The molecule has 1 aliphatic rings. The van der Waals surface area contributed by atoms with Crippen molar-refractivity contribution in [2.75, 3.05) is 6.61 Å². The van der Waals surface area contributed by atoms with Gasteiger partial charge in [-0.1, -0.05) is 12.1 Å². The Morgan fingerprint density at radius 3 is 2.94 bits per heavy atom. The van der Waals surface area contributed by atoms with E-state index in [0.29, 0.717) is 18.2 Å². The molecule has 18 heavy (non-hydrogen) atoms. The maximum Gasteiger partial charge on any atom is 0.0965 e. The average Bonchev–Trinajstić information content (AvgIpc) is 3.00. The second kappa shape index (κ2) is 6.29. The maximum absolute atomic E-state index is 5.73. The van der Waals surface area contributed by atoms with Gasteiger partial charge >= 0.3 is 0 Å². The Bertz CT molecular complexity index is 358. The minimum Gasteiger partial charge on any atom is -0.377 e. The summed E-state index contributed by atoms with van der Waals surface area (Å²) in [5.41, 5.74) is 1.00. The Balaban J connectivity index is 1.84. The summed E-state index contributed by atoms with van der Waals surface area (Å²) < 4.78 is 7.63. The van der Waals surface area contributed by atoms with Crippen molar-refractivity contribution in [3.63, 3.8) is 0 Å². The monoisotopic (exact) mass is 252 g/mol. The van der Waals surface area contributed by atoms with E-state index in [2.05, 4.69) is 36.4 Å². The molecule has 1 N–H and O–H groups in total. The minimum absolute atomic E-state index is 0.367. The zero-order valence-electron chi connectivity index (χ0n) is 11.6. The molecule has 1 fully saturated rings. The molecule has 2 unspecified atom stereocenters. The van der Waals surface area contributed by atoms with Crippen molar-refractivity contribution in [2.24, 2.45) is 0 Å². The van der Waals surface area contributed by atoms with Gasteiger partial charge in [0.25, 0.3) is 0 Å². The lowest BCUT2D eigenvalue weighted by Crippen LogP contribution is -2.38. The number of hydrogen-bond acceptors (Lipinski definition) is 4. The lowest BCUT2D eigenvalue weighted by molar-refractivity contribution is 0.0763. The minimum atomic E-state index is 0.367. The number of nitrogens with one attached hydrogen (secondary N) is 1. The molecule has 0 saturated carbocycles. The number of ether oxygens (including phenoxy) is 1. The number of aromatic nitrogens is 3. The van der Waals surface area contributed by atoms with Crippen LogP contribution in [0.25, 0.3) is 0 Å². The summed E-state index contributed by atoms with van der Waals surface area (Å²) in [6.07, 6.45) is 5.83. The van der Waals surface area contributed by atoms with E-state index in [1.165, 1.54) is 12.8 Å². The van der Waals surface area contributed by atoms with Gasteiger partial charge in [-0.2, -0.15) is 0 Å². The predicted molar refractivity (Wildman–Crippen MR) is 70.3 cm³/mol. The van der Waals surface area contributed by atoms with E-state index in [1.54, 1.807) is 0 Å². The van der Waals surface area contributed by atoms with E-state index < -0.39 is 0 Å². The van der Waals surface area contributed by atoms with Gasteiger partial charge in [0, 0.05) is 25.2 Å². The van der Waals surface area contributed by atoms with Crippen LogP contribution in [0.4, 0.5) is 0 Å². The first-order chi connectivity index (χ1) is 8.70. The predicted octanol–water partition coefficient (Wildman–Crippen LogP) is 1.91. The van der Waals surface area contributed by atoms with Crippen LogP contribution in [0, 0.1) is 0 Å². The molecule has 102 valence electrons. The molecule has 2 heterocycles. The van der Waals surface area contributed by atoms with Gasteiger partial charge < -0.3 is 10.1 Å². The summed E-state index contributed by atoms with van der Waals surface area (Å²) in [4.78, 5) is 0. The average molecular weight is 252 g/mol. The third-order valence-corrected chi connectivity index (χ3v) is 3.49. The Morgan fingerprint density at radius 1 is 1.56 bits per heavy atom. The third-order valence-electron chi connectivity index (χ3n) is 3.49. The SMILES string of the molecule is CCC(NCc1cn(C(C)C)nn1)C1CCCO1. The first-order valence-electron chi connectivity index (χ1n) is 6.96. The van der Waals surface area contributed by atoms with Gasteiger partial charge in [0.15, 0.2) is 0 Å². The van der Waals surface area contributed by atoms with E-state index in [-0.39, 0.29) is 0 Å². The fourth-order valence-electron chi connectivity index (χ4n) is 2.34. The van der Waals surface area contributed by atoms with Gasteiger partial charge in [-0.15, -0.1) is 5.10 Å². The van der Waals surface area contributed by atoms with E-state index in [0.717, 1.165) is 25.3 Å². The summed E-state index contributed by atoms with van der Waals surface area (Å²) in [6, 6.07) is 0.795. The molecule has 2 atom stereocenters. The van der Waals surface area contributed by atoms with Crippen LogP contribution in [-0.4, -0.2) is 33.7 Å². The molecule has 1 aromatic heterocycles. The molecule has 1 aromatic rings. The van der Waals surface area contributed by atoms with Crippen molar-refractivity contribution in [2.45, 2.75) is 64.8 Å². The fraction of sp³-hybridized carbons (Fsp3) is 0.846. The molecular weight excluding hydrogens is 228 g/mol. The smallest absolute Gasteiger partial charge is 0.0965 e. The Kier molecular flexibility index (Phi) is 4.72. The highest BCUT2D eigenvalue weighted by atomic mass is 16.5. The highest BCUT2D eigenvalue weighted by molar-refractivity contribution is 4.94. The van der Waals surface area contributed by atoms with Crippen LogP contribution >= 0.6 is 0 Å². The van der Waals surface area contributed by atoms with E-state index in [1.807, 2.05) is 10.9 Å². The van der Waals surface area contributed by atoms with Crippen LogP contribution in [0.2, 0.25) is 0 Å². The Labute approximate surface area is 109 Å². The van der Waals surface area contributed by atoms with Gasteiger partial charge in [-0.25, -0.2) is 4.68 Å².